The predicted molar refractivity (Wildman–Crippen MR) is 86.6 cm³/mol. The molecule has 0 amide bonds. The van der Waals surface area contributed by atoms with Gasteiger partial charge in [0, 0.05) is 20.2 Å². The molecular weight excluding hydrogens is 405 g/mol. The van der Waals surface area contributed by atoms with Crippen molar-refractivity contribution in [3.63, 3.8) is 0 Å². The van der Waals surface area contributed by atoms with Gasteiger partial charge in [0.25, 0.3) is 0 Å². The summed E-state index contributed by atoms with van der Waals surface area (Å²) in [6, 6.07) is 10.7. The van der Waals surface area contributed by atoms with Gasteiger partial charge in [-0.2, -0.15) is 0 Å². The second kappa shape index (κ2) is 7.04. The number of halogens is 3. The van der Waals surface area contributed by atoms with Crippen LogP contribution in [0.1, 0.15) is 11.6 Å². The quantitative estimate of drug-likeness (QED) is 0.735. The van der Waals surface area contributed by atoms with Crippen LogP contribution in [-0.4, -0.2) is 13.1 Å². The normalized spacial score (nSPS) is 11.8. The lowest BCUT2D eigenvalue weighted by atomic mass is 10.1. The first kappa shape index (κ1) is 16.0. The Morgan fingerprint density at radius 3 is 2.38 bits per heavy atom. The number of ether oxygens (including phenoxy) is 1. The summed E-state index contributed by atoms with van der Waals surface area (Å²) in [5, 5.41) is 2.99. The molecular formula is C15H12Br2FNO2. The molecule has 0 aliphatic rings. The number of hydrogen-bond acceptors (Lipinski definition) is 3. The summed E-state index contributed by atoms with van der Waals surface area (Å²) in [6.07, 6.45) is 0. The summed E-state index contributed by atoms with van der Waals surface area (Å²) in [7, 11) is 1.27. The molecule has 2 aromatic carbocycles. The molecule has 6 heteroatoms. The third-order valence-electron chi connectivity index (χ3n) is 2.86. The smallest absolute Gasteiger partial charge is 0.333 e. The minimum absolute atomic E-state index is 0.221. The van der Waals surface area contributed by atoms with Gasteiger partial charge in [-0.25, -0.2) is 9.18 Å². The average Bonchev–Trinajstić information content (AvgIpc) is 2.48. The average molecular weight is 417 g/mol. The van der Waals surface area contributed by atoms with Crippen molar-refractivity contribution in [2.24, 2.45) is 0 Å². The van der Waals surface area contributed by atoms with Gasteiger partial charge in [0.1, 0.15) is 5.82 Å². The molecule has 1 unspecified atom stereocenters. The highest BCUT2D eigenvalue weighted by molar-refractivity contribution is 9.10. The number of nitrogens with one attached hydrogen (secondary N) is 1. The zero-order valence-corrected chi connectivity index (χ0v) is 14.2. The Hall–Kier alpha value is -1.40. The highest BCUT2D eigenvalue weighted by Gasteiger charge is 2.24. The van der Waals surface area contributed by atoms with Crippen molar-refractivity contribution in [1.82, 2.24) is 0 Å². The lowest BCUT2D eigenvalue weighted by Gasteiger charge is -2.19. The minimum Gasteiger partial charge on any atom is -0.467 e. The Morgan fingerprint density at radius 1 is 1.14 bits per heavy atom. The van der Waals surface area contributed by atoms with Gasteiger partial charge >= 0.3 is 5.97 Å². The van der Waals surface area contributed by atoms with E-state index in [0.717, 1.165) is 4.47 Å². The Morgan fingerprint density at radius 2 is 1.76 bits per heavy atom. The van der Waals surface area contributed by atoms with Crippen molar-refractivity contribution in [3.8, 4) is 0 Å². The Labute approximate surface area is 138 Å². The largest absolute Gasteiger partial charge is 0.467 e. The molecule has 0 aromatic heterocycles. The second-order valence-corrected chi connectivity index (χ2v) is 6.10. The number of methoxy groups -OCH3 is 1. The highest BCUT2D eigenvalue weighted by Crippen LogP contribution is 2.26. The van der Waals surface area contributed by atoms with E-state index in [-0.39, 0.29) is 5.56 Å². The number of esters is 1. The molecule has 0 saturated heterocycles. The zero-order valence-electron chi connectivity index (χ0n) is 11.1. The van der Waals surface area contributed by atoms with Gasteiger partial charge in [0.05, 0.1) is 7.11 Å². The van der Waals surface area contributed by atoms with Crippen LogP contribution >= 0.6 is 31.9 Å². The first-order valence-electron chi connectivity index (χ1n) is 6.06. The van der Waals surface area contributed by atoms with Gasteiger partial charge < -0.3 is 10.1 Å². The van der Waals surface area contributed by atoms with E-state index in [0.29, 0.717) is 10.2 Å². The van der Waals surface area contributed by atoms with Crippen molar-refractivity contribution in [1.29, 1.82) is 0 Å². The molecule has 0 heterocycles. The Balaban J connectivity index is 2.36. The van der Waals surface area contributed by atoms with Gasteiger partial charge in [-0.1, -0.05) is 31.9 Å². The maximum Gasteiger partial charge on any atom is 0.333 e. The molecule has 0 spiro atoms. The maximum absolute atomic E-state index is 14.0. The summed E-state index contributed by atoms with van der Waals surface area (Å²) in [5.41, 5.74) is 0.909. The zero-order chi connectivity index (χ0) is 15.4. The topological polar surface area (TPSA) is 38.3 Å². The fraction of sp³-hybridized carbons (Fsp3) is 0.133. The number of rotatable bonds is 4. The number of carbonyl (C=O) groups excluding carboxylic acids is 1. The van der Waals surface area contributed by atoms with E-state index in [1.165, 1.54) is 13.2 Å². The molecule has 0 radical (unpaired) electrons. The molecule has 21 heavy (non-hydrogen) atoms. The van der Waals surface area contributed by atoms with Crippen molar-refractivity contribution >= 4 is 43.5 Å². The first-order chi connectivity index (χ1) is 10.0. The van der Waals surface area contributed by atoms with Gasteiger partial charge in [0.2, 0.25) is 0 Å². The van der Waals surface area contributed by atoms with Crippen LogP contribution in [-0.2, 0) is 9.53 Å². The van der Waals surface area contributed by atoms with E-state index >= 15 is 0 Å². The third kappa shape index (κ3) is 4.04. The van der Waals surface area contributed by atoms with E-state index in [9.17, 15) is 9.18 Å². The molecule has 2 aromatic rings. The maximum atomic E-state index is 14.0. The molecule has 1 atom stereocenters. The van der Waals surface area contributed by atoms with Crippen LogP contribution in [0.4, 0.5) is 10.1 Å². The van der Waals surface area contributed by atoms with Crippen molar-refractivity contribution in [2.45, 2.75) is 6.04 Å². The highest BCUT2D eigenvalue weighted by atomic mass is 79.9. The third-order valence-corrected chi connectivity index (χ3v) is 3.88. The van der Waals surface area contributed by atoms with Crippen LogP contribution in [0.2, 0.25) is 0 Å². The van der Waals surface area contributed by atoms with Crippen LogP contribution in [0.5, 0.6) is 0 Å². The Bertz CT molecular complexity index is 647. The number of carbonyl (C=O) groups is 1. The van der Waals surface area contributed by atoms with Crippen LogP contribution < -0.4 is 5.32 Å². The van der Waals surface area contributed by atoms with Crippen LogP contribution in [0, 0.1) is 5.82 Å². The monoisotopic (exact) mass is 415 g/mol. The summed E-state index contributed by atoms with van der Waals surface area (Å²) in [5.74, 6) is -1.03. The molecule has 0 saturated carbocycles. The SMILES string of the molecule is COC(=O)C(Nc1ccc(Br)cc1)c1cc(Br)ccc1F. The number of benzene rings is 2. The fourth-order valence-electron chi connectivity index (χ4n) is 1.83. The lowest BCUT2D eigenvalue weighted by Crippen LogP contribution is -2.23. The second-order valence-electron chi connectivity index (χ2n) is 4.27. The van der Waals surface area contributed by atoms with E-state index < -0.39 is 17.8 Å². The fourth-order valence-corrected chi connectivity index (χ4v) is 2.47. The standard InChI is InChI=1S/C15H12Br2FNO2/c1-21-15(20)14(12-8-10(17)4-7-13(12)18)19-11-5-2-9(16)3-6-11/h2-8,14,19H,1H3. The van der Waals surface area contributed by atoms with Crippen LogP contribution in [0.25, 0.3) is 0 Å². The molecule has 3 nitrogen and oxygen atoms in total. The van der Waals surface area contributed by atoms with Gasteiger partial charge in [-0.15, -0.1) is 0 Å². The minimum atomic E-state index is -0.923. The predicted octanol–water partition coefficient (Wildman–Crippen LogP) is 4.68. The van der Waals surface area contributed by atoms with Crippen molar-refractivity contribution < 1.29 is 13.9 Å². The molecule has 0 aliphatic carbocycles. The van der Waals surface area contributed by atoms with Crippen molar-refractivity contribution in [3.05, 3.63) is 62.8 Å². The van der Waals surface area contributed by atoms with E-state index in [4.69, 9.17) is 4.74 Å². The summed E-state index contributed by atoms with van der Waals surface area (Å²) >= 11 is 6.61. The van der Waals surface area contributed by atoms with Crippen molar-refractivity contribution in [2.75, 3.05) is 12.4 Å². The van der Waals surface area contributed by atoms with Gasteiger partial charge in [0.15, 0.2) is 6.04 Å². The first-order valence-corrected chi connectivity index (χ1v) is 7.64. The van der Waals surface area contributed by atoms with Gasteiger partial charge in [-0.05, 0) is 42.5 Å². The number of hydrogen-bond donors (Lipinski definition) is 1. The molecule has 110 valence electrons. The molecule has 2 rings (SSSR count). The summed E-state index contributed by atoms with van der Waals surface area (Å²) in [4.78, 5) is 12.0. The number of anilines is 1. The van der Waals surface area contributed by atoms with E-state index in [2.05, 4.69) is 37.2 Å². The van der Waals surface area contributed by atoms with Crippen LogP contribution in [0.3, 0.4) is 0 Å². The Kier molecular flexibility index (Phi) is 5.36. The lowest BCUT2D eigenvalue weighted by molar-refractivity contribution is -0.141. The van der Waals surface area contributed by atoms with Crippen LogP contribution in [0.15, 0.2) is 51.4 Å². The summed E-state index contributed by atoms with van der Waals surface area (Å²) in [6.45, 7) is 0. The summed E-state index contributed by atoms with van der Waals surface area (Å²) < 4.78 is 20.4. The van der Waals surface area contributed by atoms with E-state index in [1.807, 2.05) is 12.1 Å². The molecule has 0 aliphatic heterocycles. The van der Waals surface area contributed by atoms with E-state index in [1.54, 1.807) is 24.3 Å². The molecule has 1 N–H and O–H groups in total. The van der Waals surface area contributed by atoms with Gasteiger partial charge in [-0.3, -0.25) is 0 Å². The molecule has 0 fully saturated rings. The molecule has 0 bridgehead atoms.